The highest BCUT2D eigenvalue weighted by Gasteiger charge is 2.32. The van der Waals surface area contributed by atoms with E-state index < -0.39 is 0 Å². The van der Waals surface area contributed by atoms with E-state index in [9.17, 15) is 0 Å². The van der Waals surface area contributed by atoms with Crippen molar-refractivity contribution in [1.29, 1.82) is 0 Å². The Labute approximate surface area is 120 Å². The second-order valence-electron chi connectivity index (χ2n) is 6.94. The summed E-state index contributed by atoms with van der Waals surface area (Å²) in [5.74, 6) is 1.91. The summed E-state index contributed by atoms with van der Waals surface area (Å²) in [5.41, 5.74) is 6.43. The van der Waals surface area contributed by atoms with Crippen molar-refractivity contribution in [2.75, 3.05) is 13.1 Å². The molecule has 1 aliphatic carbocycles. The van der Waals surface area contributed by atoms with E-state index in [4.69, 9.17) is 5.73 Å². The van der Waals surface area contributed by atoms with Crippen LogP contribution in [-0.2, 0) is 0 Å². The van der Waals surface area contributed by atoms with Gasteiger partial charge in [-0.15, -0.1) is 0 Å². The maximum Gasteiger partial charge on any atom is 0.0249 e. The van der Waals surface area contributed by atoms with E-state index in [2.05, 4.69) is 18.7 Å². The van der Waals surface area contributed by atoms with E-state index in [1.165, 1.54) is 70.9 Å². The van der Waals surface area contributed by atoms with Crippen LogP contribution in [0.15, 0.2) is 0 Å². The molecule has 0 spiro atoms. The van der Waals surface area contributed by atoms with Gasteiger partial charge in [-0.3, -0.25) is 4.90 Å². The first kappa shape index (κ1) is 15.3. The fourth-order valence-electron chi connectivity index (χ4n) is 4.26. The highest BCUT2D eigenvalue weighted by Crippen LogP contribution is 2.31. The monoisotopic (exact) mass is 266 g/mol. The second-order valence-corrected chi connectivity index (χ2v) is 6.94. The van der Waals surface area contributed by atoms with E-state index in [1.54, 1.807) is 0 Å². The van der Waals surface area contributed by atoms with Gasteiger partial charge in [0, 0.05) is 12.1 Å². The second kappa shape index (κ2) is 7.64. The zero-order valence-corrected chi connectivity index (χ0v) is 13.1. The van der Waals surface area contributed by atoms with Gasteiger partial charge < -0.3 is 5.73 Å². The number of hydrogen-bond acceptors (Lipinski definition) is 2. The fourth-order valence-corrected chi connectivity index (χ4v) is 4.26. The standard InChI is InChI=1S/C17H34N2/c1-3-6-15-7-5-11-19(12-10-15)17-13-14(4-2)8-9-16(17)18/h14-17H,3-13,18H2,1-2H3. The Balaban J connectivity index is 1.89. The van der Waals surface area contributed by atoms with Gasteiger partial charge in [-0.25, -0.2) is 0 Å². The van der Waals surface area contributed by atoms with Crippen LogP contribution < -0.4 is 5.73 Å². The molecule has 0 aromatic rings. The van der Waals surface area contributed by atoms with Gasteiger partial charge in [0.25, 0.3) is 0 Å². The molecule has 2 aliphatic rings. The van der Waals surface area contributed by atoms with Crippen LogP contribution in [0.25, 0.3) is 0 Å². The van der Waals surface area contributed by atoms with E-state index in [0.717, 1.165) is 11.8 Å². The molecule has 1 saturated carbocycles. The first-order valence-corrected chi connectivity index (χ1v) is 8.74. The third-order valence-electron chi connectivity index (χ3n) is 5.60. The highest BCUT2D eigenvalue weighted by atomic mass is 15.2. The minimum Gasteiger partial charge on any atom is -0.326 e. The Morgan fingerprint density at radius 1 is 1.00 bits per heavy atom. The van der Waals surface area contributed by atoms with Crippen LogP contribution in [0.1, 0.15) is 71.6 Å². The molecule has 2 N–H and O–H groups in total. The molecule has 4 unspecified atom stereocenters. The van der Waals surface area contributed by atoms with Gasteiger partial charge in [0.2, 0.25) is 0 Å². The van der Waals surface area contributed by atoms with Crippen molar-refractivity contribution in [3.05, 3.63) is 0 Å². The summed E-state index contributed by atoms with van der Waals surface area (Å²) in [7, 11) is 0. The van der Waals surface area contributed by atoms with Gasteiger partial charge >= 0.3 is 0 Å². The van der Waals surface area contributed by atoms with Gasteiger partial charge in [0.05, 0.1) is 0 Å². The molecule has 0 bridgehead atoms. The van der Waals surface area contributed by atoms with Crippen LogP contribution in [0.5, 0.6) is 0 Å². The van der Waals surface area contributed by atoms with Gasteiger partial charge in [0.15, 0.2) is 0 Å². The lowest BCUT2D eigenvalue weighted by molar-refractivity contribution is 0.112. The number of likely N-dealkylation sites (tertiary alicyclic amines) is 1. The van der Waals surface area contributed by atoms with Crippen molar-refractivity contribution >= 4 is 0 Å². The number of hydrogen-bond donors (Lipinski definition) is 1. The summed E-state index contributed by atoms with van der Waals surface area (Å²) in [6.07, 6.45) is 12.3. The summed E-state index contributed by atoms with van der Waals surface area (Å²) < 4.78 is 0. The lowest BCUT2D eigenvalue weighted by Gasteiger charge is -2.41. The molecule has 0 amide bonds. The maximum absolute atomic E-state index is 6.43. The topological polar surface area (TPSA) is 29.3 Å². The summed E-state index contributed by atoms with van der Waals surface area (Å²) in [6.45, 7) is 7.28. The van der Waals surface area contributed by atoms with Crippen molar-refractivity contribution in [2.45, 2.75) is 83.7 Å². The molecular formula is C17H34N2. The Bertz CT molecular complexity index is 254. The fraction of sp³-hybridized carbons (Fsp3) is 1.00. The first-order chi connectivity index (χ1) is 9.24. The smallest absolute Gasteiger partial charge is 0.0249 e. The number of nitrogens with two attached hydrogens (primary N) is 1. The summed E-state index contributed by atoms with van der Waals surface area (Å²) in [5, 5.41) is 0. The molecule has 2 fully saturated rings. The van der Waals surface area contributed by atoms with Crippen molar-refractivity contribution in [3.8, 4) is 0 Å². The SMILES string of the molecule is CCCC1CCCN(C2CC(CC)CCC2N)CC1. The molecule has 4 atom stereocenters. The Morgan fingerprint density at radius 2 is 1.84 bits per heavy atom. The van der Waals surface area contributed by atoms with Gasteiger partial charge in [-0.1, -0.05) is 33.1 Å². The lowest BCUT2D eigenvalue weighted by atomic mass is 9.80. The lowest BCUT2D eigenvalue weighted by Crippen LogP contribution is -2.51. The molecule has 0 aromatic heterocycles. The van der Waals surface area contributed by atoms with Crippen LogP contribution in [0.3, 0.4) is 0 Å². The average molecular weight is 266 g/mol. The Kier molecular flexibility index (Phi) is 6.15. The van der Waals surface area contributed by atoms with Crippen LogP contribution in [0.2, 0.25) is 0 Å². The number of nitrogens with zero attached hydrogens (tertiary/aromatic N) is 1. The Morgan fingerprint density at radius 3 is 2.58 bits per heavy atom. The van der Waals surface area contributed by atoms with Crippen LogP contribution >= 0.6 is 0 Å². The molecular weight excluding hydrogens is 232 g/mol. The maximum atomic E-state index is 6.43. The predicted octanol–water partition coefficient (Wildman–Crippen LogP) is 3.79. The van der Waals surface area contributed by atoms with E-state index in [0.29, 0.717) is 12.1 Å². The molecule has 1 heterocycles. The van der Waals surface area contributed by atoms with E-state index in [-0.39, 0.29) is 0 Å². The molecule has 112 valence electrons. The summed E-state index contributed by atoms with van der Waals surface area (Å²) in [6, 6.07) is 1.12. The normalized spacial score (nSPS) is 38.1. The van der Waals surface area contributed by atoms with Crippen molar-refractivity contribution in [1.82, 2.24) is 4.90 Å². The summed E-state index contributed by atoms with van der Waals surface area (Å²) >= 11 is 0. The van der Waals surface area contributed by atoms with Gasteiger partial charge in [-0.2, -0.15) is 0 Å². The average Bonchev–Trinajstić information content (AvgIpc) is 2.65. The first-order valence-electron chi connectivity index (χ1n) is 8.74. The minimum absolute atomic E-state index is 0.436. The van der Waals surface area contributed by atoms with E-state index >= 15 is 0 Å². The van der Waals surface area contributed by atoms with E-state index in [1.807, 2.05) is 0 Å². The minimum atomic E-state index is 0.436. The van der Waals surface area contributed by atoms with Gasteiger partial charge in [-0.05, 0) is 63.5 Å². The largest absolute Gasteiger partial charge is 0.326 e. The third kappa shape index (κ3) is 4.19. The summed E-state index contributed by atoms with van der Waals surface area (Å²) in [4.78, 5) is 2.75. The van der Waals surface area contributed by atoms with Crippen LogP contribution in [0, 0.1) is 11.8 Å². The molecule has 0 aromatic carbocycles. The molecule has 2 heteroatoms. The molecule has 19 heavy (non-hydrogen) atoms. The van der Waals surface area contributed by atoms with Crippen molar-refractivity contribution in [3.63, 3.8) is 0 Å². The zero-order valence-electron chi connectivity index (χ0n) is 13.1. The molecule has 0 radical (unpaired) electrons. The van der Waals surface area contributed by atoms with Crippen molar-refractivity contribution in [2.24, 2.45) is 17.6 Å². The molecule has 1 aliphatic heterocycles. The van der Waals surface area contributed by atoms with Gasteiger partial charge in [0.1, 0.15) is 0 Å². The van der Waals surface area contributed by atoms with Crippen molar-refractivity contribution < 1.29 is 0 Å². The zero-order chi connectivity index (χ0) is 13.7. The third-order valence-corrected chi connectivity index (χ3v) is 5.60. The Hall–Kier alpha value is -0.0800. The number of rotatable bonds is 4. The molecule has 1 saturated heterocycles. The van der Waals surface area contributed by atoms with Crippen LogP contribution in [-0.4, -0.2) is 30.1 Å². The quantitative estimate of drug-likeness (QED) is 0.838. The predicted molar refractivity (Wildman–Crippen MR) is 83.2 cm³/mol. The van der Waals surface area contributed by atoms with Crippen LogP contribution in [0.4, 0.5) is 0 Å². The molecule has 2 rings (SSSR count). The molecule has 2 nitrogen and oxygen atoms in total. The highest BCUT2D eigenvalue weighted by molar-refractivity contribution is 4.90.